The van der Waals surface area contributed by atoms with E-state index in [1.807, 2.05) is 13.8 Å². The molecule has 9 heteroatoms. The van der Waals surface area contributed by atoms with E-state index in [1.165, 1.54) is 26.4 Å². The second kappa shape index (κ2) is 12.2. The monoisotopic (exact) mass is 445 g/mol. The average molecular weight is 445 g/mol. The summed E-state index contributed by atoms with van der Waals surface area (Å²) in [6, 6.07) is 9.41. The van der Waals surface area contributed by atoms with Crippen molar-refractivity contribution >= 4 is 17.7 Å². The Kier molecular flexibility index (Phi) is 9.34. The van der Waals surface area contributed by atoms with Gasteiger partial charge in [0.1, 0.15) is 18.0 Å². The molecule has 2 aromatic carbocycles. The molecule has 0 aliphatic carbocycles. The second-order valence-corrected chi connectivity index (χ2v) is 6.36. The maximum atomic E-state index is 12.4. The Morgan fingerprint density at radius 1 is 0.844 bits per heavy atom. The number of carbonyl (C=O) groups is 3. The fourth-order valence-corrected chi connectivity index (χ4v) is 2.75. The Morgan fingerprint density at radius 3 is 2.22 bits per heavy atom. The SMILES string of the molecule is CCOc1ccc(C(=O)NCC(=O)OCC(=O)c2ccc(OC)cc2OC)cc1OCC. The lowest BCUT2D eigenvalue weighted by Gasteiger charge is -2.12. The molecular weight excluding hydrogens is 418 g/mol. The number of ether oxygens (including phenoxy) is 5. The summed E-state index contributed by atoms with van der Waals surface area (Å²) in [6.07, 6.45) is 0. The maximum Gasteiger partial charge on any atom is 0.325 e. The number of esters is 1. The minimum Gasteiger partial charge on any atom is -0.497 e. The van der Waals surface area contributed by atoms with Gasteiger partial charge < -0.3 is 29.0 Å². The number of methoxy groups -OCH3 is 2. The van der Waals surface area contributed by atoms with Gasteiger partial charge in [0.25, 0.3) is 5.91 Å². The van der Waals surface area contributed by atoms with Crippen molar-refractivity contribution in [3.63, 3.8) is 0 Å². The summed E-state index contributed by atoms with van der Waals surface area (Å²) < 4.78 is 26.2. The molecule has 0 aliphatic heterocycles. The first kappa shape index (κ1) is 24.5. The van der Waals surface area contributed by atoms with E-state index in [0.29, 0.717) is 41.8 Å². The van der Waals surface area contributed by atoms with E-state index < -0.39 is 30.8 Å². The van der Waals surface area contributed by atoms with Crippen molar-refractivity contribution in [2.75, 3.05) is 40.6 Å². The van der Waals surface area contributed by atoms with Crippen molar-refractivity contribution in [1.29, 1.82) is 0 Å². The Morgan fingerprint density at radius 2 is 1.56 bits per heavy atom. The van der Waals surface area contributed by atoms with Gasteiger partial charge in [0, 0.05) is 11.6 Å². The zero-order valence-corrected chi connectivity index (χ0v) is 18.6. The van der Waals surface area contributed by atoms with E-state index in [1.54, 1.807) is 24.3 Å². The summed E-state index contributed by atoms with van der Waals surface area (Å²) in [4.78, 5) is 36.7. The number of ketones is 1. The number of hydrogen-bond donors (Lipinski definition) is 1. The van der Waals surface area contributed by atoms with Crippen molar-refractivity contribution in [1.82, 2.24) is 5.32 Å². The fourth-order valence-electron chi connectivity index (χ4n) is 2.75. The summed E-state index contributed by atoms with van der Waals surface area (Å²) in [5.41, 5.74) is 0.548. The molecule has 0 saturated heterocycles. The summed E-state index contributed by atoms with van der Waals surface area (Å²) in [6.45, 7) is 3.64. The number of carbonyl (C=O) groups excluding carboxylic acids is 3. The highest BCUT2D eigenvalue weighted by molar-refractivity contribution is 6.01. The van der Waals surface area contributed by atoms with Crippen LogP contribution in [0.1, 0.15) is 34.6 Å². The van der Waals surface area contributed by atoms with E-state index in [4.69, 9.17) is 23.7 Å². The number of hydrogen-bond acceptors (Lipinski definition) is 8. The number of nitrogens with one attached hydrogen (secondary N) is 1. The lowest BCUT2D eigenvalue weighted by Crippen LogP contribution is -2.31. The van der Waals surface area contributed by atoms with E-state index in [0.717, 1.165) is 0 Å². The van der Waals surface area contributed by atoms with Gasteiger partial charge >= 0.3 is 5.97 Å². The summed E-state index contributed by atoms with van der Waals surface area (Å²) in [7, 11) is 2.92. The zero-order chi connectivity index (χ0) is 23.5. The molecule has 0 aliphatic rings. The normalized spacial score (nSPS) is 10.1. The molecular formula is C23H27NO8. The molecule has 2 aromatic rings. The van der Waals surface area contributed by atoms with Crippen molar-refractivity contribution in [2.45, 2.75) is 13.8 Å². The first-order chi connectivity index (χ1) is 15.4. The van der Waals surface area contributed by atoms with Crippen LogP contribution in [0.2, 0.25) is 0 Å². The van der Waals surface area contributed by atoms with Crippen LogP contribution in [-0.4, -0.2) is 58.2 Å². The average Bonchev–Trinajstić information content (AvgIpc) is 2.81. The minimum atomic E-state index is -0.754. The molecule has 0 bridgehead atoms. The first-order valence-electron chi connectivity index (χ1n) is 10.0. The van der Waals surface area contributed by atoms with Crippen molar-refractivity contribution in [2.24, 2.45) is 0 Å². The third kappa shape index (κ3) is 6.63. The van der Waals surface area contributed by atoms with Gasteiger partial charge in [-0.25, -0.2) is 0 Å². The third-order valence-corrected chi connectivity index (χ3v) is 4.27. The molecule has 32 heavy (non-hydrogen) atoms. The van der Waals surface area contributed by atoms with Crippen LogP contribution in [-0.2, 0) is 9.53 Å². The summed E-state index contributed by atoms with van der Waals surface area (Å²) in [5.74, 6) is 0.0990. The van der Waals surface area contributed by atoms with Crippen LogP contribution >= 0.6 is 0 Å². The fraction of sp³-hybridized carbons (Fsp3) is 0.348. The third-order valence-electron chi connectivity index (χ3n) is 4.27. The van der Waals surface area contributed by atoms with Gasteiger partial charge in [-0.3, -0.25) is 14.4 Å². The Balaban J connectivity index is 1.91. The quantitative estimate of drug-likeness (QED) is 0.392. The van der Waals surface area contributed by atoms with Gasteiger partial charge in [-0.15, -0.1) is 0 Å². The molecule has 0 fully saturated rings. The molecule has 0 atom stereocenters. The molecule has 9 nitrogen and oxygen atoms in total. The van der Waals surface area contributed by atoms with Gasteiger partial charge in [0.2, 0.25) is 5.78 Å². The van der Waals surface area contributed by atoms with Crippen molar-refractivity contribution in [3.05, 3.63) is 47.5 Å². The number of Topliss-reactive ketones (excluding diaryl/α,β-unsaturated/α-hetero) is 1. The second-order valence-electron chi connectivity index (χ2n) is 6.36. The smallest absolute Gasteiger partial charge is 0.325 e. The predicted molar refractivity (Wildman–Crippen MR) is 116 cm³/mol. The molecule has 0 radical (unpaired) electrons. The van der Waals surface area contributed by atoms with Gasteiger partial charge in [0.15, 0.2) is 18.1 Å². The van der Waals surface area contributed by atoms with Gasteiger partial charge in [0.05, 0.1) is 33.0 Å². The lowest BCUT2D eigenvalue weighted by molar-refractivity contribution is -0.141. The zero-order valence-electron chi connectivity index (χ0n) is 18.6. The van der Waals surface area contributed by atoms with Crippen molar-refractivity contribution in [3.8, 4) is 23.0 Å². The van der Waals surface area contributed by atoms with E-state index in [9.17, 15) is 14.4 Å². The molecule has 0 saturated carbocycles. The lowest BCUT2D eigenvalue weighted by atomic mass is 10.1. The van der Waals surface area contributed by atoms with Crippen molar-refractivity contribution < 1.29 is 38.1 Å². The molecule has 0 spiro atoms. The first-order valence-corrected chi connectivity index (χ1v) is 10.0. The van der Waals surface area contributed by atoms with E-state index in [-0.39, 0.29) is 5.56 Å². The summed E-state index contributed by atoms with van der Waals surface area (Å²) in [5, 5.41) is 2.46. The van der Waals surface area contributed by atoms with Crippen LogP contribution in [0, 0.1) is 0 Å². The van der Waals surface area contributed by atoms with Crippen LogP contribution in [0.5, 0.6) is 23.0 Å². The van der Waals surface area contributed by atoms with Crippen LogP contribution in [0.4, 0.5) is 0 Å². The van der Waals surface area contributed by atoms with Crippen LogP contribution in [0.15, 0.2) is 36.4 Å². The van der Waals surface area contributed by atoms with E-state index in [2.05, 4.69) is 5.32 Å². The number of amides is 1. The number of benzene rings is 2. The number of rotatable bonds is 12. The molecule has 1 amide bonds. The molecule has 0 heterocycles. The van der Waals surface area contributed by atoms with Crippen LogP contribution < -0.4 is 24.3 Å². The standard InChI is InChI=1S/C23H27NO8/c1-5-30-19-10-7-15(11-21(19)31-6-2)23(27)24-13-22(26)32-14-18(25)17-9-8-16(28-3)12-20(17)29-4/h7-12H,5-6,13-14H2,1-4H3,(H,24,27). The van der Waals surface area contributed by atoms with Gasteiger partial charge in [-0.05, 0) is 44.2 Å². The minimum absolute atomic E-state index is 0.253. The molecule has 1 N–H and O–H groups in total. The maximum absolute atomic E-state index is 12.4. The Labute approximate surface area is 186 Å². The van der Waals surface area contributed by atoms with Gasteiger partial charge in [-0.1, -0.05) is 0 Å². The van der Waals surface area contributed by atoms with E-state index >= 15 is 0 Å². The summed E-state index contributed by atoms with van der Waals surface area (Å²) >= 11 is 0. The Hall–Kier alpha value is -3.75. The van der Waals surface area contributed by atoms with Crippen LogP contribution in [0.3, 0.4) is 0 Å². The highest BCUT2D eigenvalue weighted by Crippen LogP contribution is 2.28. The highest BCUT2D eigenvalue weighted by atomic mass is 16.5. The molecule has 2 rings (SSSR count). The predicted octanol–water partition coefficient (Wildman–Crippen LogP) is 2.66. The molecule has 0 unspecified atom stereocenters. The molecule has 0 aromatic heterocycles. The Bertz CT molecular complexity index is 957. The van der Waals surface area contributed by atoms with Crippen LogP contribution in [0.25, 0.3) is 0 Å². The largest absolute Gasteiger partial charge is 0.497 e. The molecule has 172 valence electrons. The topological polar surface area (TPSA) is 109 Å². The highest BCUT2D eigenvalue weighted by Gasteiger charge is 2.17. The van der Waals surface area contributed by atoms with Gasteiger partial charge in [-0.2, -0.15) is 0 Å².